The number of rotatable bonds is 1. The van der Waals surface area contributed by atoms with E-state index in [0.717, 1.165) is 5.57 Å². The van der Waals surface area contributed by atoms with Gasteiger partial charge in [-0.25, -0.2) is 0 Å². The maximum absolute atomic E-state index is 10.4. The Labute approximate surface area is 102 Å². The van der Waals surface area contributed by atoms with Gasteiger partial charge in [0.05, 0.1) is 6.04 Å². The summed E-state index contributed by atoms with van der Waals surface area (Å²) < 4.78 is 0. The molecule has 1 fully saturated rings. The molecular formula is C7H11AcNO2. The number of aliphatic hydroxyl groups is 1. The van der Waals surface area contributed by atoms with Gasteiger partial charge in [-0.3, -0.25) is 4.79 Å². The summed E-state index contributed by atoms with van der Waals surface area (Å²) in [5.41, 5.74) is 1.10. The second-order valence-corrected chi connectivity index (χ2v) is 2.72. The number of allylic oxidation sites excluding steroid dienone is 1. The van der Waals surface area contributed by atoms with Gasteiger partial charge in [0.2, 0.25) is 0 Å². The molecule has 4 heteroatoms. The molecule has 0 aliphatic carbocycles. The van der Waals surface area contributed by atoms with Crippen molar-refractivity contribution in [2.45, 2.75) is 26.0 Å². The van der Waals surface area contributed by atoms with Crippen molar-refractivity contribution in [1.29, 1.82) is 0 Å². The monoisotopic (exact) mass is 368 g/mol. The average Bonchev–Trinajstić information content (AvgIpc) is 1.86. The summed E-state index contributed by atoms with van der Waals surface area (Å²) in [4.78, 5) is 10.4. The summed E-state index contributed by atoms with van der Waals surface area (Å²) in [6.45, 7) is 3.86. The molecule has 1 aliphatic rings. The molecular weight excluding hydrogens is 357 g/mol. The van der Waals surface area contributed by atoms with Gasteiger partial charge < -0.3 is 10.4 Å². The van der Waals surface area contributed by atoms with Gasteiger partial charge in [-0.05, 0) is 13.8 Å². The molecule has 0 saturated carbocycles. The summed E-state index contributed by atoms with van der Waals surface area (Å²) in [5, 5.41) is 11.5. The number of β-lactam (4-membered cyclic amide) rings is 1. The largest absolute Gasteiger partial charge is 0.381 e. The second kappa shape index (κ2) is 4.59. The zero-order valence-electron chi connectivity index (χ0n) is 6.66. The molecule has 0 aromatic heterocycles. The Morgan fingerprint density at radius 2 is 2.18 bits per heavy atom. The van der Waals surface area contributed by atoms with Gasteiger partial charge in [0, 0.05) is 44.1 Å². The molecule has 2 atom stereocenters. The minimum absolute atomic E-state index is 0. The van der Waals surface area contributed by atoms with E-state index in [1.54, 1.807) is 0 Å². The Morgan fingerprint density at radius 3 is 2.45 bits per heavy atom. The Morgan fingerprint density at radius 1 is 1.64 bits per heavy atom. The van der Waals surface area contributed by atoms with Crippen molar-refractivity contribution in [2.75, 3.05) is 0 Å². The predicted molar refractivity (Wildman–Crippen MR) is 37.4 cm³/mol. The Hall–Kier alpha value is 0.612. The normalized spacial score (nSPS) is 27.7. The third kappa shape index (κ3) is 2.85. The average molecular weight is 368 g/mol. The smallest absolute Gasteiger partial charge is 0.251 e. The van der Waals surface area contributed by atoms with Crippen LogP contribution in [0.4, 0.5) is 0 Å². The van der Waals surface area contributed by atoms with Gasteiger partial charge in [-0.1, -0.05) is 11.6 Å². The maximum atomic E-state index is 10.4. The van der Waals surface area contributed by atoms with Crippen molar-refractivity contribution in [1.82, 2.24) is 5.32 Å². The zero-order valence-corrected chi connectivity index (χ0v) is 11.4. The van der Waals surface area contributed by atoms with E-state index >= 15 is 0 Å². The summed E-state index contributed by atoms with van der Waals surface area (Å²) in [6, 6.07) is -0.155. The van der Waals surface area contributed by atoms with Crippen LogP contribution in [0, 0.1) is 44.1 Å². The first kappa shape index (κ1) is 11.6. The molecule has 1 radical (unpaired) electrons. The molecule has 0 aromatic carbocycles. The number of nitrogens with one attached hydrogen (secondary N) is 1. The summed E-state index contributed by atoms with van der Waals surface area (Å²) in [6.07, 6.45) is 1.02. The van der Waals surface area contributed by atoms with Crippen LogP contribution < -0.4 is 5.32 Å². The standard InChI is InChI=1S/C7H11NO2.Ac/c1-4(2)3-5-6(9)7(10)8-5;/h3,5-6,9H,1-2H3,(H,8,10);. The Balaban J connectivity index is 0.000001000. The number of carbonyl (C=O) groups is 1. The minimum atomic E-state index is -0.824. The van der Waals surface area contributed by atoms with Gasteiger partial charge in [0.25, 0.3) is 5.91 Å². The van der Waals surface area contributed by atoms with Gasteiger partial charge >= 0.3 is 0 Å². The van der Waals surface area contributed by atoms with Crippen LogP contribution in [0.3, 0.4) is 0 Å². The fourth-order valence-corrected chi connectivity index (χ4v) is 0.887. The van der Waals surface area contributed by atoms with E-state index in [1.807, 2.05) is 19.9 Å². The van der Waals surface area contributed by atoms with Crippen LogP contribution in [0.25, 0.3) is 0 Å². The van der Waals surface area contributed by atoms with Crippen LogP contribution in [0.2, 0.25) is 0 Å². The van der Waals surface area contributed by atoms with Crippen LogP contribution in [0.15, 0.2) is 11.6 Å². The van der Waals surface area contributed by atoms with Crippen LogP contribution in [-0.2, 0) is 4.79 Å². The number of hydrogen-bond acceptors (Lipinski definition) is 2. The molecule has 2 unspecified atom stereocenters. The maximum Gasteiger partial charge on any atom is 0.251 e. The van der Waals surface area contributed by atoms with E-state index < -0.39 is 6.10 Å². The Kier molecular flexibility index (Phi) is 4.85. The van der Waals surface area contributed by atoms with Gasteiger partial charge in [0.1, 0.15) is 0 Å². The molecule has 2 N–H and O–H groups in total. The summed E-state index contributed by atoms with van der Waals surface area (Å²) >= 11 is 0. The molecule has 1 aliphatic heterocycles. The third-order valence-electron chi connectivity index (χ3n) is 1.43. The molecule has 59 valence electrons. The summed E-state index contributed by atoms with van der Waals surface area (Å²) in [5.74, 6) is -0.275. The molecule has 1 saturated heterocycles. The van der Waals surface area contributed by atoms with Crippen molar-refractivity contribution in [3.8, 4) is 0 Å². The quantitative estimate of drug-likeness (QED) is 0.498. The van der Waals surface area contributed by atoms with E-state index in [9.17, 15) is 4.79 Å². The first-order valence-corrected chi connectivity index (χ1v) is 3.25. The van der Waals surface area contributed by atoms with Crippen molar-refractivity contribution in [3.05, 3.63) is 11.6 Å². The first-order valence-electron chi connectivity index (χ1n) is 3.25. The van der Waals surface area contributed by atoms with Crippen LogP contribution >= 0.6 is 0 Å². The number of carbonyl (C=O) groups excluding carboxylic acids is 1. The van der Waals surface area contributed by atoms with Crippen LogP contribution in [0.5, 0.6) is 0 Å². The molecule has 1 rings (SSSR count). The topological polar surface area (TPSA) is 49.3 Å². The molecule has 11 heavy (non-hydrogen) atoms. The van der Waals surface area contributed by atoms with Gasteiger partial charge in [0.15, 0.2) is 6.10 Å². The van der Waals surface area contributed by atoms with Gasteiger partial charge in [-0.2, -0.15) is 0 Å². The zero-order chi connectivity index (χ0) is 7.72. The summed E-state index contributed by atoms with van der Waals surface area (Å²) in [7, 11) is 0. The van der Waals surface area contributed by atoms with E-state index in [0.29, 0.717) is 0 Å². The molecule has 0 spiro atoms. The predicted octanol–water partition coefficient (Wildman–Crippen LogP) is -0.188. The van der Waals surface area contributed by atoms with Gasteiger partial charge in [-0.15, -0.1) is 0 Å². The number of aliphatic hydroxyl groups excluding tert-OH is 1. The molecule has 0 bridgehead atoms. The molecule has 3 nitrogen and oxygen atoms in total. The fourth-order valence-electron chi connectivity index (χ4n) is 0.887. The molecule has 1 amide bonds. The minimum Gasteiger partial charge on any atom is -0.381 e. The first-order chi connectivity index (χ1) is 4.61. The third-order valence-corrected chi connectivity index (χ3v) is 1.43. The van der Waals surface area contributed by atoms with Crippen molar-refractivity contribution in [2.24, 2.45) is 0 Å². The van der Waals surface area contributed by atoms with E-state index in [2.05, 4.69) is 5.32 Å². The molecule has 0 aromatic rings. The van der Waals surface area contributed by atoms with Crippen molar-refractivity contribution < 1.29 is 54.0 Å². The van der Waals surface area contributed by atoms with Crippen LogP contribution in [0.1, 0.15) is 13.8 Å². The second-order valence-electron chi connectivity index (χ2n) is 2.72. The fraction of sp³-hybridized carbons (Fsp3) is 0.571. The van der Waals surface area contributed by atoms with Crippen molar-refractivity contribution >= 4 is 5.91 Å². The SMILES string of the molecule is CC(C)=CC1NC(=O)C1O.[Ac]. The van der Waals surface area contributed by atoms with E-state index in [-0.39, 0.29) is 56.0 Å². The van der Waals surface area contributed by atoms with Crippen molar-refractivity contribution in [3.63, 3.8) is 0 Å². The number of amides is 1. The van der Waals surface area contributed by atoms with E-state index in [1.165, 1.54) is 0 Å². The van der Waals surface area contributed by atoms with E-state index in [4.69, 9.17) is 5.11 Å². The number of hydrogen-bond donors (Lipinski definition) is 2. The van der Waals surface area contributed by atoms with Crippen LogP contribution in [-0.4, -0.2) is 23.2 Å². The Bertz CT molecular complexity index is 187. The molecule has 1 heterocycles.